The monoisotopic (exact) mass is 401 g/mol. The molecule has 4 heterocycles. The van der Waals surface area contributed by atoms with Crippen molar-refractivity contribution in [2.45, 2.75) is 57.1 Å². The normalized spacial score (nSPS) is 26.9. The van der Waals surface area contributed by atoms with E-state index in [0.717, 1.165) is 58.2 Å². The molecule has 3 aliphatic rings. The lowest BCUT2D eigenvalue weighted by atomic mass is 9.88. The Bertz CT molecular complexity index is 712. The average molecular weight is 402 g/mol. The van der Waals surface area contributed by atoms with Crippen LogP contribution in [0.25, 0.3) is 0 Å². The first-order valence-electron chi connectivity index (χ1n) is 10.8. The quantitative estimate of drug-likeness (QED) is 0.829. The summed E-state index contributed by atoms with van der Waals surface area (Å²) in [5.74, 6) is 0.742. The van der Waals surface area contributed by atoms with Gasteiger partial charge in [-0.3, -0.25) is 14.6 Å². The van der Waals surface area contributed by atoms with Gasteiger partial charge in [0.15, 0.2) is 0 Å². The zero-order valence-corrected chi connectivity index (χ0v) is 17.2. The zero-order valence-electron chi connectivity index (χ0n) is 17.2. The molecule has 0 aromatic carbocycles. The number of amides is 2. The third-order valence-corrected chi connectivity index (χ3v) is 6.63. The fraction of sp³-hybridized carbons (Fsp3) is 0.714. The summed E-state index contributed by atoms with van der Waals surface area (Å²) in [5.41, 5.74) is 0.0113. The van der Waals surface area contributed by atoms with Crippen molar-refractivity contribution in [3.05, 3.63) is 18.6 Å². The molecule has 4 rings (SSSR count). The number of aromatic nitrogens is 2. The van der Waals surface area contributed by atoms with Gasteiger partial charge in [0, 0.05) is 58.1 Å². The molecule has 1 spiro atoms. The third-order valence-electron chi connectivity index (χ3n) is 6.63. The topological polar surface area (TPSA) is 87.7 Å². The summed E-state index contributed by atoms with van der Waals surface area (Å²) in [7, 11) is 0. The van der Waals surface area contributed by atoms with Crippen molar-refractivity contribution in [1.29, 1.82) is 0 Å². The Balaban J connectivity index is 1.38. The number of anilines is 1. The maximum Gasteiger partial charge on any atom is 0.227 e. The number of carbonyl (C=O) groups excluding carboxylic acids is 2. The second-order valence-corrected chi connectivity index (χ2v) is 8.59. The maximum atomic E-state index is 13.2. The molecule has 8 nitrogen and oxygen atoms in total. The molecule has 0 aliphatic carbocycles. The molecular formula is C21H31N5O3. The van der Waals surface area contributed by atoms with Gasteiger partial charge in [0.2, 0.25) is 11.8 Å². The van der Waals surface area contributed by atoms with Crippen LogP contribution >= 0.6 is 0 Å². The van der Waals surface area contributed by atoms with Crippen molar-refractivity contribution >= 4 is 17.6 Å². The van der Waals surface area contributed by atoms with E-state index in [0.29, 0.717) is 18.9 Å². The number of ether oxygens (including phenoxy) is 1. The number of nitrogens with zero attached hydrogens (tertiary/aromatic N) is 4. The van der Waals surface area contributed by atoms with Gasteiger partial charge < -0.3 is 19.9 Å². The van der Waals surface area contributed by atoms with E-state index in [4.69, 9.17) is 4.74 Å². The Kier molecular flexibility index (Phi) is 5.99. The Morgan fingerprint density at radius 2 is 1.97 bits per heavy atom. The fourth-order valence-corrected chi connectivity index (χ4v) is 4.89. The molecule has 0 radical (unpaired) electrons. The molecule has 2 atom stereocenters. The van der Waals surface area contributed by atoms with E-state index >= 15 is 0 Å². The molecule has 1 aromatic rings. The lowest BCUT2D eigenvalue weighted by molar-refractivity contribution is -0.141. The molecule has 2 amide bonds. The van der Waals surface area contributed by atoms with Crippen molar-refractivity contribution in [2.75, 3.05) is 38.1 Å². The van der Waals surface area contributed by atoms with Gasteiger partial charge in [0.05, 0.1) is 17.7 Å². The highest BCUT2D eigenvalue weighted by Gasteiger charge is 2.41. The van der Waals surface area contributed by atoms with Crippen molar-refractivity contribution in [2.24, 2.45) is 5.92 Å². The first-order chi connectivity index (χ1) is 14.0. The molecule has 0 bridgehead atoms. The van der Waals surface area contributed by atoms with Crippen LogP contribution in [-0.2, 0) is 14.3 Å². The third kappa shape index (κ3) is 4.69. The number of carbonyl (C=O) groups is 2. The molecule has 3 saturated heterocycles. The van der Waals surface area contributed by atoms with E-state index in [-0.39, 0.29) is 29.4 Å². The summed E-state index contributed by atoms with van der Waals surface area (Å²) >= 11 is 0. The standard InChI is InChI=1S/C21H31N5O3/c1-16(27)26-14-17(3-4-18(15-26)24-19-13-22-8-9-23-19)20(28)25-10-6-21(7-11-25)5-2-12-29-21/h8-9,13,17-18H,2-7,10-12,14-15H2,1H3,(H,23,24)/t17-,18+/m1/s1. The van der Waals surface area contributed by atoms with Crippen molar-refractivity contribution < 1.29 is 14.3 Å². The predicted octanol–water partition coefficient (Wildman–Crippen LogP) is 1.69. The first kappa shape index (κ1) is 20.1. The van der Waals surface area contributed by atoms with Crippen LogP contribution in [0.4, 0.5) is 5.82 Å². The fourth-order valence-electron chi connectivity index (χ4n) is 4.89. The van der Waals surface area contributed by atoms with Gasteiger partial charge in [-0.15, -0.1) is 0 Å². The van der Waals surface area contributed by atoms with E-state index in [1.807, 2.05) is 4.90 Å². The summed E-state index contributed by atoms with van der Waals surface area (Å²) in [6, 6.07) is 0.0601. The van der Waals surface area contributed by atoms with Crippen LogP contribution in [0.3, 0.4) is 0 Å². The highest BCUT2D eigenvalue weighted by atomic mass is 16.5. The summed E-state index contributed by atoms with van der Waals surface area (Å²) in [5, 5.41) is 3.37. The lowest BCUT2D eigenvalue weighted by Crippen LogP contribution is -2.49. The number of rotatable bonds is 3. The van der Waals surface area contributed by atoms with Gasteiger partial charge in [-0.2, -0.15) is 0 Å². The van der Waals surface area contributed by atoms with Crippen molar-refractivity contribution in [3.8, 4) is 0 Å². The summed E-state index contributed by atoms with van der Waals surface area (Å²) in [6.07, 6.45) is 10.6. The van der Waals surface area contributed by atoms with Gasteiger partial charge in [0.25, 0.3) is 0 Å². The summed E-state index contributed by atoms with van der Waals surface area (Å²) < 4.78 is 5.98. The SMILES string of the molecule is CC(=O)N1C[C@@H](Nc2cnccn2)CC[C@@H](C(=O)N2CCC3(CCCO3)CC2)C1. The zero-order chi connectivity index (χ0) is 20.3. The molecule has 29 heavy (non-hydrogen) atoms. The van der Waals surface area contributed by atoms with E-state index in [2.05, 4.69) is 15.3 Å². The molecule has 158 valence electrons. The van der Waals surface area contributed by atoms with Crippen molar-refractivity contribution in [3.63, 3.8) is 0 Å². The molecule has 3 aliphatic heterocycles. The highest BCUT2D eigenvalue weighted by molar-refractivity contribution is 5.80. The number of likely N-dealkylation sites (tertiary alicyclic amines) is 2. The van der Waals surface area contributed by atoms with E-state index < -0.39 is 0 Å². The van der Waals surface area contributed by atoms with Crippen LogP contribution in [0.1, 0.15) is 45.4 Å². The molecule has 1 aromatic heterocycles. The minimum atomic E-state index is -0.147. The van der Waals surface area contributed by atoms with Gasteiger partial charge in [-0.1, -0.05) is 0 Å². The lowest BCUT2D eigenvalue weighted by Gasteiger charge is -2.40. The first-order valence-corrected chi connectivity index (χ1v) is 10.8. The second-order valence-electron chi connectivity index (χ2n) is 8.59. The van der Waals surface area contributed by atoms with Crippen LogP contribution in [0, 0.1) is 5.92 Å². The van der Waals surface area contributed by atoms with Crippen molar-refractivity contribution in [1.82, 2.24) is 19.8 Å². The number of nitrogens with one attached hydrogen (secondary N) is 1. The average Bonchev–Trinajstić information content (AvgIpc) is 3.07. The Labute approximate surface area is 172 Å². The maximum absolute atomic E-state index is 13.2. The van der Waals surface area contributed by atoms with E-state index in [1.165, 1.54) is 0 Å². The molecule has 1 N–H and O–H groups in total. The number of hydrogen-bond acceptors (Lipinski definition) is 6. The second kappa shape index (κ2) is 8.65. The largest absolute Gasteiger partial charge is 0.375 e. The molecule has 3 fully saturated rings. The van der Waals surface area contributed by atoms with Gasteiger partial charge >= 0.3 is 0 Å². The number of hydrogen-bond donors (Lipinski definition) is 1. The van der Waals surface area contributed by atoms with Crippen LogP contribution in [0.5, 0.6) is 0 Å². The van der Waals surface area contributed by atoms with E-state index in [1.54, 1.807) is 30.4 Å². The van der Waals surface area contributed by atoms with Gasteiger partial charge in [0.1, 0.15) is 5.82 Å². The summed E-state index contributed by atoms with van der Waals surface area (Å²) in [6.45, 7) is 5.02. The van der Waals surface area contributed by atoms with Gasteiger partial charge in [-0.05, 0) is 38.5 Å². The Morgan fingerprint density at radius 1 is 1.14 bits per heavy atom. The molecule has 8 heteroatoms. The highest BCUT2D eigenvalue weighted by Crippen LogP contribution is 2.36. The van der Waals surface area contributed by atoms with Crippen LogP contribution in [0.2, 0.25) is 0 Å². The van der Waals surface area contributed by atoms with Crippen LogP contribution in [-0.4, -0.2) is 76.0 Å². The smallest absolute Gasteiger partial charge is 0.227 e. The summed E-state index contributed by atoms with van der Waals surface area (Å²) in [4.78, 5) is 37.6. The molecular weight excluding hydrogens is 370 g/mol. The minimum absolute atomic E-state index is 0.00704. The molecule has 0 unspecified atom stereocenters. The number of piperidine rings is 1. The minimum Gasteiger partial charge on any atom is -0.375 e. The van der Waals surface area contributed by atoms with Crippen LogP contribution in [0.15, 0.2) is 18.6 Å². The van der Waals surface area contributed by atoms with E-state index in [9.17, 15) is 9.59 Å². The van der Waals surface area contributed by atoms with Crippen LogP contribution < -0.4 is 5.32 Å². The van der Waals surface area contributed by atoms with Gasteiger partial charge in [-0.25, -0.2) is 4.98 Å². The predicted molar refractivity (Wildman–Crippen MR) is 108 cm³/mol. The Morgan fingerprint density at radius 3 is 2.62 bits per heavy atom. The Hall–Kier alpha value is -2.22. The molecule has 0 saturated carbocycles.